The van der Waals surface area contributed by atoms with Crippen molar-refractivity contribution in [2.24, 2.45) is 0 Å². The highest BCUT2D eigenvalue weighted by molar-refractivity contribution is 7.47. The lowest BCUT2D eigenvalue weighted by atomic mass is 10.0. The van der Waals surface area contributed by atoms with E-state index in [1.54, 1.807) is 0 Å². The molecule has 0 bridgehead atoms. The second-order valence-electron chi connectivity index (χ2n) is 20.9. The molecule has 2 N–H and O–H groups in total. The smallest absolute Gasteiger partial charge is 0.462 e. The molecule has 0 aliphatic heterocycles. The van der Waals surface area contributed by atoms with Crippen molar-refractivity contribution in [3.05, 3.63) is 12.2 Å². The summed E-state index contributed by atoms with van der Waals surface area (Å²) >= 11 is 0. The van der Waals surface area contributed by atoms with Crippen LogP contribution in [0.4, 0.5) is 0 Å². The first-order valence-corrected chi connectivity index (χ1v) is 32.1. The van der Waals surface area contributed by atoms with Crippen LogP contribution < -0.4 is 0 Å². The summed E-state index contributed by atoms with van der Waals surface area (Å²) in [5, 5.41) is 9.80. The van der Waals surface area contributed by atoms with Crippen LogP contribution in [0.2, 0.25) is 0 Å². The van der Waals surface area contributed by atoms with Gasteiger partial charge in [-0.2, -0.15) is 0 Å². The van der Waals surface area contributed by atoms with Crippen molar-refractivity contribution in [3.8, 4) is 0 Å². The molecule has 3 atom stereocenters. The normalized spacial score (nSPS) is 13.3. The van der Waals surface area contributed by atoms with Gasteiger partial charge in [0.15, 0.2) is 6.10 Å². The minimum atomic E-state index is -4.74. The van der Waals surface area contributed by atoms with Crippen LogP contribution in [0.25, 0.3) is 0 Å². The fourth-order valence-electron chi connectivity index (χ4n) is 9.00. The second kappa shape index (κ2) is 55.5. The first kappa shape index (κ1) is 70.2. The van der Waals surface area contributed by atoms with Gasteiger partial charge in [-0.1, -0.05) is 264 Å². The molecule has 426 valence electrons. The third-order valence-electron chi connectivity index (χ3n) is 13.7. The molecular formula is C60H115O11P. The molecule has 0 rings (SSSR count). The standard InChI is InChI=1S/C60H115O11P/c1-4-7-10-13-16-19-22-24-26-27-28-29-31-33-36-39-42-45-48-51-60(64)71-57(53-67-58(62)49-46-43-40-37-35-32-30-25-23-20-17-14-11-8-5-2)55-69-72(65,66)68-54-56(52-61)70-59(63)50-47-44-41-38-34-21-18-15-12-9-6-3/h24,26,56-57,61H,4-23,25,27-55H2,1-3H3,(H,65,66)/b26-24-. The average Bonchev–Trinajstić information content (AvgIpc) is 3.37. The Morgan fingerprint density at radius 3 is 0.958 bits per heavy atom. The van der Waals surface area contributed by atoms with Crippen molar-refractivity contribution >= 4 is 25.7 Å². The molecule has 0 aromatic heterocycles. The van der Waals surface area contributed by atoms with Crippen LogP contribution in [0.3, 0.4) is 0 Å². The van der Waals surface area contributed by atoms with Gasteiger partial charge in [0, 0.05) is 19.3 Å². The molecule has 0 amide bonds. The highest BCUT2D eigenvalue weighted by Crippen LogP contribution is 2.43. The van der Waals surface area contributed by atoms with Crippen molar-refractivity contribution in [2.45, 2.75) is 328 Å². The number of phosphoric ester groups is 1. The molecule has 11 nitrogen and oxygen atoms in total. The SMILES string of the molecule is CCCCCCCC/C=C\CCCCCCCCCCCC(=O)OC(COC(=O)CCCCCCCCCCCCCCCCC)COP(=O)(O)OCC(CO)OC(=O)CCCCCCCCCCCCC. The zero-order valence-electron chi connectivity index (χ0n) is 47.2. The van der Waals surface area contributed by atoms with Gasteiger partial charge in [-0.15, -0.1) is 0 Å². The van der Waals surface area contributed by atoms with Crippen molar-refractivity contribution in [1.82, 2.24) is 0 Å². The van der Waals surface area contributed by atoms with E-state index in [2.05, 4.69) is 32.9 Å². The Hall–Kier alpha value is -1.78. The lowest BCUT2D eigenvalue weighted by molar-refractivity contribution is -0.161. The van der Waals surface area contributed by atoms with Gasteiger partial charge in [-0.25, -0.2) is 4.57 Å². The number of esters is 3. The molecule has 0 radical (unpaired) electrons. The molecule has 0 aromatic carbocycles. The molecule has 0 heterocycles. The van der Waals surface area contributed by atoms with Crippen molar-refractivity contribution in [3.63, 3.8) is 0 Å². The Morgan fingerprint density at radius 1 is 0.375 bits per heavy atom. The maximum atomic E-state index is 12.9. The number of hydrogen-bond acceptors (Lipinski definition) is 10. The number of phosphoric acid groups is 1. The van der Waals surface area contributed by atoms with Crippen LogP contribution in [0, 0.1) is 0 Å². The lowest BCUT2D eigenvalue weighted by Crippen LogP contribution is -2.30. The maximum Gasteiger partial charge on any atom is 0.472 e. The van der Waals surface area contributed by atoms with E-state index < -0.39 is 57.8 Å². The number of allylic oxidation sites excluding steroid dienone is 2. The molecule has 0 aromatic rings. The number of aliphatic hydroxyl groups excluding tert-OH is 1. The van der Waals surface area contributed by atoms with E-state index in [1.807, 2.05) is 0 Å². The molecule has 3 unspecified atom stereocenters. The zero-order valence-corrected chi connectivity index (χ0v) is 48.1. The van der Waals surface area contributed by atoms with Crippen LogP contribution in [0.5, 0.6) is 0 Å². The number of hydrogen-bond donors (Lipinski definition) is 2. The number of carbonyl (C=O) groups is 3. The molecular weight excluding hydrogens is 928 g/mol. The minimum absolute atomic E-state index is 0.173. The van der Waals surface area contributed by atoms with Gasteiger partial charge in [-0.05, 0) is 44.9 Å². The van der Waals surface area contributed by atoms with Gasteiger partial charge in [-0.3, -0.25) is 23.4 Å². The summed E-state index contributed by atoms with van der Waals surface area (Å²) in [5.74, 6) is -1.43. The molecule has 72 heavy (non-hydrogen) atoms. The number of unbranched alkanes of at least 4 members (excludes halogenated alkanes) is 39. The van der Waals surface area contributed by atoms with E-state index in [-0.39, 0.29) is 25.9 Å². The quantitative estimate of drug-likeness (QED) is 0.0197. The monoisotopic (exact) mass is 1040 g/mol. The van der Waals surface area contributed by atoms with Crippen LogP contribution in [-0.2, 0) is 42.2 Å². The van der Waals surface area contributed by atoms with Crippen molar-refractivity contribution < 1.29 is 52.2 Å². The maximum absolute atomic E-state index is 12.9. The summed E-state index contributed by atoms with van der Waals surface area (Å²) in [5.41, 5.74) is 0. The van der Waals surface area contributed by atoms with Crippen LogP contribution in [0.15, 0.2) is 12.2 Å². The summed E-state index contributed by atoms with van der Waals surface area (Å²) in [4.78, 5) is 48.6. The Balaban J connectivity index is 4.66. The Kier molecular flexibility index (Phi) is 54.1. The highest BCUT2D eigenvalue weighted by Gasteiger charge is 2.28. The zero-order chi connectivity index (χ0) is 52.7. The summed E-state index contributed by atoms with van der Waals surface area (Å²) < 4.78 is 39.6. The number of rotatable bonds is 58. The van der Waals surface area contributed by atoms with Crippen LogP contribution in [0.1, 0.15) is 316 Å². The fraction of sp³-hybridized carbons (Fsp3) is 0.917. The molecule has 0 aliphatic carbocycles. The molecule has 0 saturated carbocycles. The fourth-order valence-corrected chi connectivity index (χ4v) is 9.78. The molecule has 12 heteroatoms. The summed E-state index contributed by atoms with van der Waals surface area (Å²) in [6.07, 6.45) is 54.5. The first-order chi connectivity index (χ1) is 35.2. The molecule has 0 saturated heterocycles. The second-order valence-corrected chi connectivity index (χ2v) is 22.3. The van der Waals surface area contributed by atoms with Gasteiger partial charge in [0.1, 0.15) is 12.7 Å². The number of aliphatic hydroxyl groups is 1. The van der Waals surface area contributed by atoms with Crippen molar-refractivity contribution in [1.29, 1.82) is 0 Å². The summed E-state index contributed by atoms with van der Waals surface area (Å²) in [6.45, 7) is 4.70. The van der Waals surface area contributed by atoms with Gasteiger partial charge in [0.2, 0.25) is 0 Å². The average molecular weight is 1040 g/mol. The summed E-state index contributed by atoms with van der Waals surface area (Å²) in [6, 6.07) is 0. The highest BCUT2D eigenvalue weighted by atomic mass is 31.2. The van der Waals surface area contributed by atoms with Crippen molar-refractivity contribution in [2.75, 3.05) is 26.4 Å². The molecule has 0 spiro atoms. The topological polar surface area (TPSA) is 155 Å². The lowest BCUT2D eigenvalue weighted by Gasteiger charge is -2.21. The van der Waals surface area contributed by atoms with E-state index in [1.165, 1.54) is 199 Å². The van der Waals surface area contributed by atoms with Crippen LogP contribution >= 0.6 is 7.82 Å². The Labute approximate surface area is 443 Å². The Morgan fingerprint density at radius 2 is 0.639 bits per heavy atom. The van der Waals surface area contributed by atoms with E-state index in [0.717, 1.165) is 57.8 Å². The first-order valence-electron chi connectivity index (χ1n) is 30.6. The van der Waals surface area contributed by atoms with E-state index in [9.17, 15) is 28.9 Å². The van der Waals surface area contributed by atoms with Gasteiger partial charge >= 0.3 is 25.7 Å². The number of carbonyl (C=O) groups excluding carboxylic acids is 3. The van der Waals surface area contributed by atoms with Gasteiger partial charge in [0.05, 0.1) is 19.8 Å². The number of ether oxygens (including phenoxy) is 3. The molecule has 0 fully saturated rings. The predicted octanol–water partition coefficient (Wildman–Crippen LogP) is 18.0. The Bertz CT molecular complexity index is 1260. The third kappa shape index (κ3) is 53.1. The van der Waals surface area contributed by atoms with E-state index in [4.69, 9.17) is 23.3 Å². The summed E-state index contributed by atoms with van der Waals surface area (Å²) in [7, 11) is -4.74. The largest absolute Gasteiger partial charge is 0.472 e. The minimum Gasteiger partial charge on any atom is -0.462 e. The van der Waals surface area contributed by atoms with E-state index >= 15 is 0 Å². The van der Waals surface area contributed by atoms with Gasteiger partial charge in [0.25, 0.3) is 0 Å². The predicted molar refractivity (Wildman–Crippen MR) is 298 cm³/mol. The van der Waals surface area contributed by atoms with Crippen LogP contribution in [-0.4, -0.2) is 66.5 Å². The van der Waals surface area contributed by atoms with Gasteiger partial charge < -0.3 is 24.2 Å². The molecule has 0 aliphatic rings. The third-order valence-corrected chi connectivity index (χ3v) is 14.6. The van der Waals surface area contributed by atoms with E-state index in [0.29, 0.717) is 19.3 Å².